The van der Waals surface area contributed by atoms with Crippen LogP contribution in [0.3, 0.4) is 0 Å². The Morgan fingerprint density at radius 3 is 2.68 bits per heavy atom. The number of amidine groups is 2. The summed E-state index contributed by atoms with van der Waals surface area (Å²) in [4.78, 5) is 22.3. The molecule has 0 fully saturated rings. The Balaban J connectivity index is 1.86. The van der Waals surface area contributed by atoms with E-state index in [1.807, 2.05) is 36.9 Å². The average molecular weight is 421 g/mol. The summed E-state index contributed by atoms with van der Waals surface area (Å²) >= 11 is 7.24. The molecule has 3 rings (SSSR count). The maximum Gasteiger partial charge on any atom is 0.430 e. The zero-order chi connectivity index (χ0) is 20.1. The highest BCUT2D eigenvalue weighted by Gasteiger charge is 2.31. The number of nitrogens with zero attached hydrogens (tertiary/aromatic N) is 5. The molecule has 28 heavy (non-hydrogen) atoms. The fraction of sp³-hybridized carbons (Fsp3) is 0.389. The molecule has 1 N–H and O–H groups in total. The Bertz CT molecular complexity index is 904. The summed E-state index contributed by atoms with van der Waals surface area (Å²) in [5.74, 6) is -0.0184. The topological polar surface area (TPSA) is 96.0 Å². The number of aromatic nitrogens is 1. The number of halogens is 1. The number of thiazole rings is 1. The van der Waals surface area contributed by atoms with Gasteiger partial charge in [-0.3, -0.25) is 4.99 Å². The van der Waals surface area contributed by atoms with Crippen LogP contribution in [0.2, 0.25) is 4.47 Å². The van der Waals surface area contributed by atoms with Gasteiger partial charge in [0.25, 0.3) is 0 Å². The van der Waals surface area contributed by atoms with Gasteiger partial charge in [0.2, 0.25) is 5.84 Å². The molecule has 2 heterocycles. The quantitative estimate of drug-likeness (QED) is 0.317. The molecule has 148 valence electrons. The number of hydrogen-bond acceptors (Lipinski definition) is 8. The molecular weight excluding hydrogens is 400 g/mol. The third kappa shape index (κ3) is 4.48. The van der Waals surface area contributed by atoms with E-state index in [9.17, 15) is 10.1 Å². The third-order valence-corrected chi connectivity index (χ3v) is 5.55. The number of hydrogen-bond donors (Lipinski definition) is 1. The zero-order valence-electron chi connectivity index (χ0n) is 15.7. The van der Waals surface area contributed by atoms with Crippen molar-refractivity contribution in [2.75, 3.05) is 18.5 Å². The second kappa shape index (κ2) is 9.11. The molecule has 0 saturated carbocycles. The van der Waals surface area contributed by atoms with Crippen LogP contribution in [0.5, 0.6) is 0 Å². The largest absolute Gasteiger partial charge is 0.430 e. The van der Waals surface area contributed by atoms with E-state index in [0.29, 0.717) is 24.1 Å². The molecular formula is C18H21ClN6O2S. The van der Waals surface area contributed by atoms with Gasteiger partial charge in [0.05, 0.1) is 23.9 Å². The average Bonchev–Trinajstić information content (AvgIpc) is 3.31. The predicted molar refractivity (Wildman–Crippen MR) is 113 cm³/mol. The first-order valence-electron chi connectivity index (χ1n) is 9.02. The smallest absolute Gasteiger partial charge is 0.358 e. The molecule has 1 aromatic carbocycles. The lowest BCUT2D eigenvalue weighted by Gasteiger charge is -2.17. The summed E-state index contributed by atoms with van der Waals surface area (Å²) < 4.78 is 0.445. The van der Waals surface area contributed by atoms with Gasteiger partial charge in [-0.05, 0) is 28.9 Å². The van der Waals surface area contributed by atoms with Gasteiger partial charge in [0, 0.05) is 17.6 Å². The molecule has 0 saturated heterocycles. The molecule has 0 spiro atoms. The van der Waals surface area contributed by atoms with Crippen LogP contribution < -0.4 is 5.43 Å². The van der Waals surface area contributed by atoms with Crippen LogP contribution >= 0.6 is 22.9 Å². The number of nitrogens with one attached hydrogen (secondary N) is 1. The number of anilines is 1. The van der Waals surface area contributed by atoms with Crippen LogP contribution in [-0.4, -0.2) is 39.6 Å². The lowest BCUT2D eigenvalue weighted by atomic mass is 10.0. The maximum absolute atomic E-state index is 11.7. The summed E-state index contributed by atoms with van der Waals surface area (Å²) in [7, 11) is 0. The molecule has 0 radical (unpaired) electrons. The van der Waals surface area contributed by atoms with E-state index in [2.05, 4.69) is 20.5 Å². The second-order valence-corrected chi connectivity index (χ2v) is 7.87. The lowest BCUT2D eigenvalue weighted by molar-refractivity contribution is -0.346. The van der Waals surface area contributed by atoms with Crippen molar-refractivity contribution in [3.8, 4) is 0 Å². The van der Waals surface area contributed by atoms with Crippen molar-refractivity contribution in [3.63, 3.8) is 0 Å². The lowest BCUT2D eigenvalue weighted by Crippen LogP contribution is -2.37. The van der Waals surface area contributed by atoms with Crippen molar-refractivity contribution < 1.29 is 4.92 Å². The molecule has 1 aliphatic heterocycles. The summed E-state index contributed by atoms with van der Waals surface area (Å²) in [6, 6.07) is 5.98. The van der Waals surface area contributed by atoms with Gasteiger partial charge < -0.3 is 15.0 Å². The fourth-order valence-electron chi connectivity index (χ4n) is 3.06. The Kier molecular flexibility index (Phi) is 6.58. The first-order chi connectivity index (χ1) is 13.5. The molecule has 0 amide bonds. The number of rotatable bonds is 7. The van der Waals surface area contributed by atoms with E-state index >= 15 is 0 Å². The first kappa shape index (κ1) is 20.2. The van der Waals surface area contributed by atoms with Gasteiger partial charge in [-0.1, -0.05) is 43.6 Å². The van der Waals surface area contributed by atoms with Crippen LogP contribution in [0.4, 0.5) is 5.69 Å². The van der Waals surface area contributed by atoms with E-state index in [-0.39, 0.29) is 11.7 Å². The highest BCUT2D eigenvalue weighted by Crippen LogP contribution is 2.23. The molecule has 10 heteroatoms. The van der Waals surface area contributed by atoms with Gasteiger partial charge in [0.15, 0.2) is 4.47 Å². The summed E-state index contributed by atoms with van der Waals surface area (Å²) in [5, 5.41) is 15.9. The van der Waals surface area contributed by atoms with Crippen molar-refractivity contribution in [1.82, 2.24) is 9.88 Å². The van der Waals surface area contributed by atoms with Crippen molar-refractivity contribution in [2.24, 2.45) is 10.1 Å². The standard InChI is InChI=1S/C18H21ClN6O2S/c1-3-12-6-5-7-13(4-2)15(12)22-23-17(25(26)27)16-20-8-9-24(16)11-14-10-21-18(19)28-14/h5-7,10,22H,3-4,8-9,11H2,1-2H3/b23-17-. The van der Waals surface area contributed by atoms with E-state index in [0.717, 1.165) is 34.5 Å². The zero-order valence-corrected chi connectivity index (χ0v) is 17.3. The van der Waals surface area contributed by atoms with Crippen molar-refractivity contribution in [3.05, 3.63) is 55.0 Å². The molecule has 0 atom stereocenters. The Morgan fingerprint density at radius 1 is 1.39 bits per heavy atom. The molecule has 8 nitrogen and oxygen atoms in total. The van der Waals surface area contributed by atoms with Crippen LogP contribution in [-0.2, 0) is 19.4 Å². The minimum Gasteiger partial charge on any atom is -0.358 e. The van der Waals surface area contributed by atoms with E-state index in [4.69, 9.17) is 11.6 Å². The summed E-state index contributed by atoms with van der Waals surface area (Å²) in [6.07, 6.45) is 3.28. The van der Waals surface area contributed by atoms with Gasteiger partial charge in [-0.2, -0.15) is 5.43 Å². The molecule has 0 aliphatic carbocycles. The number of aliphatic imine (C=N–C) groups is 1. The fourth-order valence-corrected chi connectivity index (χ4v) is 4.05. The van der Waals surface area contributed by atoms with E-state index < -0.39 is 4.92 Å². The molecule has 0 unspecified atom stereocenters. The van der Waals surface area contributed by atoms with E-state index in [1.165, 1.54) is 11.3 Å². The number of nitro groups is 1. The summed E-state index contributed by atoms with van der Waals surface area (Å²) in [6.45, 7) is 5.62. The number of hydrazone groups is 1. The molecule has 0 bridgehead atoms. The molecule has 1 aromatic heterocycles. The van der Waals surface area contributed by atoms with E-state index in [1.54, 1.807) is 6.20 Å². The van der Waals surface area contributed by atoms with Crippen molar-refractivity contribution in [1.29, 1.82) is 0 Å². The second-order valence-electron chi connectivity index (χ2n) is 6.17. The Morgan fingerprint density at radius 2 is 2.11 bits per heavy atom. The normalized spacial score (nSPS) is 14.3. The van der Waals surface area contributed by atoms with Gasteiger partial charge >= 0.3 is 5.84 Å². The Hall–Kier alpha value is -2.52. The van der Waals surface area contributed by atoms with Crippen molar-refractivity contribution >= 4 is 40.3 Å². The van der Waals surface area contributed by atoms with Gasteiger partial charge in [-0.25, -0.2) is 4.98 Å². The van der Waals surface area contributed by atoms with Crippen molar-refractivity contribution in [2.45, 2.75) is 33.2 Å². The van der Waals surface area contributed by atoms with Crippen LogP contribution in [0, 0.1) is 10.1 Å². The number of benzene rings is 1. The first-order valence-corrected chi connectivity index (χ1v) is 10.2. The van der Waals surface area contributed by atoms with Crippen LogP contribution in [0.1, 0.15) is 29.9 Å². The highest BCUT2D eigenvalue weighted by molar-refractivity contribution is 7.15. The number of para-hydroxylation sites is 1. The third-order valence-electron chi connectivity index (χ3n) is 4.45. The summed E-state index contributed by atoms with van der Waals surface area (Å²) in [5.41, 5.74) is 5.89. The Labute approximate surface area is 172 Å². The van der Waals surface area contributed by atoms with Gasteiger partial charge in [-0.15, -0.1) is 11.3 Å². The van der Waals surface area contributed by atoms with Gasteiger partial charge in [0.1, 0.15) is 0 Å². The SMILES string of the molecule is CCc1cccc(CC)c1N/N=C(/C1=NCCN1Cc1cnc(Cl)s1)[N+](=O)[O-]. The highest BCUT2D eigenvalue weighted by atomic mass is 35.5. The predicted octanol–water partition coefficient (Wildman–Crippen LogP) is 3.84. The molecule has 2 aromatic rings. The van der Waals surface area contributed by atoms with Crippen LogP contribution in [0.25, 0.3) is 0 Å². The minimum atomic E-state index is -0.496. The molecule has 1 aliphatic rings. The maximum atomic E-state index is 11.7. The monoisotopic (exact) mass is 420 g/mol. The van der Waals surface area contributed by atoms with Crippen LogP contribution in [0.15, 0.2) is 34.5 Å². The number of aryl methyl sites for hydroxylation is 2. The minimum absolute atomic E-state index is 0.272.